The molecule has 0 amide bonds. The van der Waals surface area contributed by atoms with E-state index in [1.807, 2.05) is 71.9 Å². The van der Waals surface area contributed by atoms with Crippen molar-refractivity contribution in [3.05, 3.63) is 185 Å². The molecule has 59 heavy (non-hydrogen) atoms. The second kappa shape index (κ2) is 14.9. The standard InChI is InChI=1S/C47H33BF10P/c1-21(2)15-16-48(34-36(49)40(53)44(57)41(54)37(34)50,35-38(51)42(55)45(58)43(56)39(35)52)30-13-9-11-28-29-12-10-14-31(33(29)32(28)30)59(46-24(5)17-22(3)18-25(46)6)47-26(7)19-23(4)20-27(47)8/h9-14,17-20H,1H2,2-8H3/q-1. The zero-order chi connectivity index (χ0) is 43.2. The molecule has 300 valence electrons. The molecule has 6 aromatic rings. The molecule has 0 saturated heterocycles. The summed E-state index contributed by atoms with van der Waals surface area (Å²) in [6, 6.07) is 17.4. The average Bonchev–Trinajstić information content (AvgIpc) is 3.16. The zero-order valence-electron chi connectivity index (χ0n) is 32.8. The number of aryl methyl sites for hydroxylation is 6. The third-order valence-corrected chi connectivity index (χ3v) is 14.1. The van der Waals surface area contributed by atoms with Crippen LogP contribution in [0.4, 0.5) is 43.9 Å². The number of hydrogen-bond acceptors (Lipinski definition) is 0. The van der Waals surface area contributed by atoms with Gasteiger partial charge in [0.05, 0.1) is 0 Å². The number of benzene rings is 6. The van der Waals surface area contributed by atoms with E-state index in [0.29, 0.717) is 21.0 Å². The predicted octanol–water partition coefficient (Wildman–Crippen LogP) is 9.16. The lowest BCUT2D eigenvalue weighted by molar-refractivity contribution is 0.382. The molecule has 0 radical (unpaired) electrons. The zero-order valence-corrected chi connectivity index (χ0v) is 33.7. The van der Waals surface area contributed by atoms with Gasteiger partial charge in [0.25, 0.3) is 0 Å². The number of allylic oxidation sites excluding steroid dienone is 1. The highest BCUT2D eigenvalue weighted by atomic mass is 31.1. The van der Waals surface area contributed by atoms with Crippen molar-refractivity contribution in [3.8, 4) is 11.7 Å². The monoisotopic (exact) mass is 829 g/mol. The molecule has 0 fully saturated rings. The van der Waals surface area contributed by atoms with Gasteiger partial charge in [-0.3, -0.25) is 5.82 Å². The van der Waals surface area contributed by atoms with E-state index in [1.54, 1.807) is 18.2 Å². The molecule has 0 bridgehead atoms. The van der Waals surface area contributed by atoms with Crippen LogP contribution in [0.1, 0.15) is 40.3 Å². The fourth-order valence-electron chi connectivity index (χ4n) is 8.90. The Hall–Kier alpha value is -5.59. The number of halogens is 10. The molecule has 12 heteroatoms. The second-order valence-electron chi connectivity index (χ2n) is 15.2. The number of hydrogen-bond donors (Lipinski definition) is 0. The molecule has 1 aliphatic rings. The Labute approximate surface area is 334 Å². The summed E-state index contributed by atoms with van der Waals surface area (Å²) in [5.74, 6) is -20.8. The highest BCUT2D eigenvalue weighted by molar-refractivity contribution is 7.80. The average molecular weight is 830 g/mol. The first-order valence-electron chi connectivity index (χ1n) is 18.4. The molecule has 7 rings (SSSR count). The smallest absolute Gasteiger partial charge is 0.200 e. The van der Waals surface area contributed by atoms with Gasteiger partial charge in [0, 0.05) is 0 Å². The van der Waals surface area contributed by atoms with Gasteiger partial charge in [-0.15, -0.1) is 16.8 Å². The fourth-order valence-corrected chi connectivity index (χ4v) is 12.0. The minimum Gasteiger partial charge on any atom is -0.292 e. The Kier molecular flexibility index (Phi) is 10.5. The lowest BCUT2D eigenvalue weighted by Gasteiger charge is -2.40. The van der Waals surface area contributed by atoms with Crippen molar-refractivity contribution in [2.75, 3.05) is 0 Å². The normalized spacial score (nSPS) is 11.9. The summed E-state index contributed by atoms with van der Waals surface area (Å²) in [6.07, 6.45) is -4.68. The molecule has 0 spiro atoms. The molecule has 0 aliphatic heterocycles. The van der Waals surface area contributed by atoms with Gasteiger partial charge in [0.15, 0.2) is 41.0 Å². The molecular formula is C47H33BF10P-. The van der Waals surface area contributed by atoms with Crippen LogP contribution >= 0.6 is 7.92 Å². The maximum atomic E-state index is 16.5. The summed E-state index contributed by atoms with van der Waals surface area (Å²) >= 11 is 0. The molecule has 0 heterocycles. The van der Waals surface area contributed by atoms with Crippen molar-refractivity contribution in [1.82, 2.24) is 0 Å². The lowest BCUT2D eigenvalue weighted by Crippen LogP contribution is -2.71. The molecule has 0 aromatic heterocycles. The van der Waals surface area contributed by atoms with Crippen LogP contribution in [-0.2, 0) is 0 Å². The summed E-state index contributed by atoms with van der Waals surface area (Å²) in [5, 5.41) is 3.86. The molecule has 0 unspecified atom stereocenters. The van der Waals surface area contributed by atoms with E-state index in [-0.39, 0.29) is 10.8 Å². The molecule has 0 nitrogen and oxygen atoms in total. The lowest BCUT2D eigenvalue weighted by atomic mass is 9.15. The molecule has 1 aliphatic carbocycles. The second-order valence-corrected chi connectivity index (χ2v) is 17.2. The topological polar surface area (TPSA) is 0 Å². The summed E-state index contributed by atoms with van der Waals surface area (Å²) in [4.78, 5) is 0. The largest absolute Gasteiger partial charge is 0.292 e. The highest BCUT2D eigenvalue weighted by Crippen LogP contribution is 2.40. The first kappa shape index (κ1) is 41.6. The molecule has 0 saturated carbocycles. The summed E-state index contributed by atoms with van der Waals surface area (Å²) in [7, 11) is -1.57. The van der Waals surface area contributed by atoms with Crippen molar-refractivity contribution in [1.29, 1.82) is 0 Å². The van der Waals surface area contributed by atoms with Gasteiger partial charge in [-0.1, -0.05) is 78.4 Å². The molecule has 0 N–H and O–H groups in total. The van der Waals surface area contributed by atoms with Crippen molar-refractivity contribution in [3.63, 3.8) is 0 Å². The van der Waals surface area contributed by atoms with Gasteiger partial charge in [0.2, 0.25) is 0 Å². The Morgan fingerprint density at radius 2 is 0.864 bits per heavy atom. The summed E-state index contributed by atoms with van der Waals surface area (Å²) < 4.78 is 157. The van der Waals surface area contributed by atoms with Gasteiger partial charge in [-0.25, -0.2) is 43.9 Å². The maximum Gasteiger partial charge on any atom is 0.200 e. The summed E-state index contributed by atoms with van der Waals surface area (Å²) in [6.45, 7) is 16.7. The molecular weight excluding hydrogens is 796 g/mol. The van der Waals surface area contributed by atoms with Crippen LogP contribution in [0, 0.1) is 132 Å². The first-order chi connectivity index (χ1) is 27.8. The van der Waals surface area contributed by atoms with Crippen LogP contribution in [0.5, 0.6) is 0 Å². The van der Waals surface area contributed by atoms with Gasteiger partial charge in [-0.2, -0.15) is 5.46 Å². The quantitative estimate of drug-likeness (QED) is 0.0392. The fraction of sp³-hybridized carbons (Fsp3) is 0.149. The van der Waals surface area contributed by atoms with E-state index in [9.17, 15) is 8.78 Å². The van der Waals surface area contributed by atoms with Crippen LogP contribution in [0.3, 0.4) is 0 Å². The van der Waals surface area contributed by atoms with Crippen LogP contribution in [-0.4, -0.2) is 6.15 Å². The van der Waals surface area contributed by atoms with Crippen molar-refractivity contribution < 1.29 is 43.9 Å². The van der Waals surface area contributed by atoms with Crippen molar-refractivity contribution in [2.24, 2.45) is 0 Å². The number of rotatable bonds is 6. The van der Waals surface area contributed by atoms with Gasteiger partial charge in [0.1, 0.15) is 23.3 Å². The van der Waals surface area contributed by atoms with Gasteiger partial charge >= 0.3 is 0 Å². The van der Waals surface area contributed by atoms with E-state index < -0.39 is 88.6 Å². The van der Waals surface area contributed by atoms with E-state index in [2.05, 4.69) is 18.3 Å². The Bertz CT molecular complexity index is 2900. The number of fused-ring (bicyclic) bond motifs is 2. The van der Waals surface area contributed by atoms with Gasteiger partial charge < -0.3 is 0 Å². The first-order valence-corrected chi connectivity index (χ1v) is 19.7. The van der Waals surface area contributed by atoms with Crippen molar-refractivity contribution >= 4 is 46.4 Å². The van der Waals surface area contributed by atoms with E-state index >= 15 is 35.1 Å². The Balaban J connectivity index is 1.80. The van der Waals surface area contributed by atoms with Crippen LogP contribution in [0.2, 0.25) is 0 Å². The Morgan fingerprint density at radius 3 is 1.25 bits per heavy atom. The van der Waals surface area contributed by atoms with Crippen LogP contribution < -0.4 is 32.3 Å². The molecule has 0 atom stereocenters. The molecule has 6 aromatic carbocycles. The van der Waals surface area contributed by atoms with E-state index in [0.717, 1.165) is 50.1 Å². The van der Waals surface area contributed by atoms with E-state index in [1.165, 1.54) is 13.0 Å². The summed E-state index contributed by atoms with van der Waals surface area (Å²) in [5.41, 5.74) is 1.33. The van der Waals surface area contributed by atoms with Crippen molar-refractivity contribution in [2.45, 2.75) is 48.5 Å². The maximum absolute atomic E-state index is 16.5. The minimum atomic E-state index is -4.68. The third kappa shape index (κ3) is 6.21. The van der Waals surface area contributed by atoms with E-state index in [4.69, 9.17) is 0 Å². The third-order valence-electron chi connectivity index (χ3n) is 11.0. The minimum absolute atomic E-state index is 0.0272. The SMILES string of the molecule is C=C(C)C#C[B-](c1c(F)c(F)c(F)c(F)c1F)(c1c(F)c(F)c(F)c(F)c1F)c1cccc2c1=c1c(P(c3c(C)cc(C)cc3C)c3c(C)cc(C)cc3C)cccc1=2. The Morgan fingerprint density at radius 1 is 0.508 bits per heavy atom. The van der Waals surface area contributed by atoms with Gasteiger partial charge in [-0.05, 0) is 121 Å². The van der Waals surface area contributed by atoms with Crippen LogP contribution in [0.15, 0.2) is 72.8 Å². The highest BCUT2D eigenvalue weighted by Gasteiger charge is 2.44. The van der Waals surface area contributed by atoms with Crippen LogP contribution in [0.25, 0.3) is 0 Å². The predicted molar refractivity (Wildman–Crippen MR) is 215 cm³/mol.